The van der Waals surface area contributed by atoms with E-state index in [1.807, 2.05) is 0 Å². The van der Waals surface area contributed by atoms with E-state index in [-0.39, 0.29) is 4.44 Å². The maximum atomic E-state index is 10.5. The summed E-state index contributed by atoms with van der Waals surface area (Å²) in [4.78, 5) is 34.0. The van der Waals surface area contributed by atoms with Gasteiger partial charge in [0.25, 0.3) is 0 Å². The lowest BCUT2D eigenvalue weighted by Gasteiger charge is -2.24. The minimum absolute atomic E-state index is 0.343. The molecular weight excluding hydrogens is 224 g/mol. The summed E-state index contributed by atoms with van der Waals surface area (Å²) in [6, 6.07) is 0. The van der Waals surface area contributed by atoms with Crippen molar-refractivity contribution in [2.24, 2.45) is 0 Å². The highest BCUT2D eigenvalue weighted by Crippen LogP contribution is 2.57. The Morgan fingerprint density at radius 2 is 1.46 bits per heavy atom. The van der Waals surface area contributed by atoms with Gasteiger partial charge in [0.1, 0.15) is 0 Å². The molecule has 0 aliphatic rings. The third kappa shape index (κ3) is 4.85. The fourth-order valence-electron chi connectivity index (χ4n) is 0.601. The molecule has 0 aliphatic heterocycles. The number of hydrogen-bond acceptors (Lipinski definition) is 3. The van der Waals surface area contributed by atoms with Gasteiger partial charge in [-0.3, -0.25) is 0 Å². The van der Waals surface area contributed by atoms with Crippen molar-refractivity contribution in [3.63, 3.8) is 0 Å². The molecule has 5 N–H and O–H groups in total. The summed E-state index contributed by atoms with van der Waals surface area (Å²) in [6.45, 7) is 0.354. The maximum Gasteiger partial charge on any atom is 0.412 e. The largest absolute Gasteiger partial charge is 0.412 e. The minimum Gasteiger partial charge on any atom is -0.392 e. The van der Waals surface area contributed by atoms with E-state index in [4.69, 9.17) is 24.7 Å². The van der Waals surface area contributed by atoms with Gasteiger partial charge in [0.05, 0.1) is 6.10 Å². The van der Waals surface area contributed by atoms with Crippen LogP contribution >= 0.6 is 15.5 Å². The van der Waals surface area contributed by atoms with Crippen LogP contribution in [-0.2, 0) is 9.13 Å². The number of rotatable bonds is 4. The number of hydrogen-bond donors (Lipinski definition) is 5. The predicted octanol–water partition coefficient (Wildman–Crippen LogP) is -1.15. The van der Waals surface area contributed by atoms with E-state index in [1.165, 1.54) is 0 Å². The van der Waals surface area contributed by atoms with Crippen molar-refractivity contribution >= 4 is 15.5 Å². The lowest BCUT2D eigenvalue weighted by atomic mass is 10.4. The van der Waals surface area contributed by atoms with Crippen LogP contribution < -0.4 is 0 Å². The first-order valence-corrected chi connectivity index (χ1v) is 6.26. The molecule has 80 valence electrons. The quantitative estimate of drug-likeness (QED) is 0.385. The maximum absolute atomic E-state index is 10.5. The average Bonchev–Trinajstić information content (AvgIpc) is 1.77. The van der Waals surface area contributed by atoms with Crippen molar-refractivity contribution in [3.8, 4) is 0 Å². The second-order valence-electron chi connectivity index (χ2n) is 2.43. The summed E-state index contributed by atoms with van der Waals surface area (Å²) in [5.74, 6) is 0. The molecule has 8 nitrogen and oxygen atoms in total. The molecule has 0 aromatic heterocycles. The van der Waals surface area contributed by atoms with E-state index >= 15 is 0 Å². The third-order valence-corrected chi connectivity index (χ3v) is 3.96. The van der Waals surface area contributed by atoms with E-state index < -0.39 is 28.1 Å². The van der Waals surface area contributed by atoms with Gasteiger partial charge in [-0.2, -0.15) is 0 Å². The summed E-state index contributed by atoms with van der Waals surface area (Å²) in [7, 11) is -10.1. The van der Waals surface area contributed by atoms with Crippen LogP contribution in [0.25, 0.3) is 0 Å². The van der Waals surface area contributed by atoms with Gasteiger partial charge in [0.15, 0.2) is 0 Å². The van der Waals surface area contributed by atoms with E-state index in [2.05, 4.69) is 0 Å². The summed E-state index contributed by atoms with van der Waals surface area (Å²) in [5, 5.41) is 8.72. The minimum atomic E-state index is -5.04. The Balaban J connectivity index is 4.80. The fourth-order valence-corrected chi connectivity index (χ4v) is 2.71. The van der Waals surface area contributed by atoms with Gasteiger partial charge in [-0.1, -0.05) is 0 Å². The average molecular weight is 235 g/mol. The standard InChI is InChI=1S/C3H11NO7P2/c1-3(5)2-4(12(6,7)8)13(9,10)11/h3,5H,2H2,1H3,(H2,6,7,8)(H2,9,10,11). The molecular formula is C3H11NO7P2. The molecule has 0 fully saturated rings. The van der Waals surface area contributed by atoms with E-state index in [1.54, 1.807) is 0 Å². The Morgan fingerprint density at radius 3 is 1.54 bits per heavy atom. The van der Waals surface area contributed by atoms with Crippen molar-refractivity contribution in [1.82, 2.24) is 4.44 Å². The SMILES string of the molecule is CC(O)CN(P(=O)(O)O)P(=O)(O)O. The van der Waals surface area contributed by atoms with Crippen molar-refractivity contribution < 1.29 is 33.8 Å². The van der Waals surface area contributed by atoms with Crippen LogP contribution in [0.2, 0.25) is 0 Å². The van der Waals surface area contributed by atoms with E-state index in [9.17, 15) is 9.13 Å². The summed E-state index contributed by atoms with van der Waals surface area (Å²) >= 11 is 0. The third-order valence-electron chi connectivity index (χ3n) is 1.03. The van der Waals surface area contributed by atoms with E-state index in [0.29, 0.717) is 0 Å². The lowest BCUT2D eigenvalue weighted by molar-refractivity contribution is 0.160. The Hall–Kier alpha value is 0.220. The molecule has 0 aliphatic carbocycles. The first-order valence-electron chi connectivity index (χ1n) is 3.13. The van der Waals surface area contributed by atoms with Crippen LogP contribution in [0.5, 0.6) is 0 Å². The molecule has 13 heavy (non-hydrogen) atoms. The van der Waals surface area contributed by atoms with Gasteiger partial charge in [-0.05, 0) is 6.92 Å². The van der Waals surface area contributed by atoms with Gasteiger partial charge in [-0.15, -0.1) is 4.44 Å². The van der Waals surface area contributed by atoms with Crippen molar-refractivity contribution in [1.29, 1.82) is 0 Å². The van der Waals surface area contributed by atoms with Gasteiger partial charge in [-0.25, -0.2) is 9.13 Å². The highest BCUT2D eigenvalue weighted by atomic mass is 31.3. The molecule has 0 radical (unpaired) electrons. The van der Waals surface area contributed by atoms with Crippen molar-refractivity contribution in [3.05, 3.63) is 0 Å². The van der Waals surface area contributed by atoms with Crippen LogP contribution in [0.1, 0.15) is 6.92 Å². The topological polar surface area (TPSA) is 139 Å². The zero-order chi connectivity index (χ0) is 10.9. The molecule has 0 amide bonds. The van der Waals surface area contributed by atoms with Gasteiger partial charge in [0.2, 0.25) is 0 Å². The molecule has 1 unspecified atom stereocenters. The zero-order valence-corrected chi connectivity index (χ0v) is 8.47. The van der Waals surface area contributed by atoms with Crippen LogP contribution in [0.3, 0.4) is 0 Å². The number of aliphatic hydroxyl groups excluding tert-OH is 1. The fraction of sp³-hybridized carbons (Fsp3) is 1.00. The molecule has 1 atom stereocenters. The highest BCUT2D eigenvalue weighted by Gasteiger charge is 2.40. The van der Waals surface area contributed by atoms with Gasteiger partial charge < -0.3 is 24.7 Å². The molecule has 0 saturated heterocycles. The number of aliphatic hydroxyl groups is 1. The molecule has 0 aromatic rings. The van der Waals surface area contributed by atoms with Crippen LogP contribution in [0.4, 0.5) is 0 Å². The Bertz CT molecular complexity index is 230. The molecule has 0 bridgehead atoms. The Morgan fingerprint density at radius 1 is 1.15 bits per heavy atom. The lowest BCUT2D eigenvalue weighted by Crippen LogP contribution is -2.25. The predicted molar refractivity (Wildman–Crippen MR) is 42.5 cm³/mol. The summed E-state index contributed by atoms with van der Waals surface area (Å²) in [6.07, 6.45) is -1.25. The molecule has 0 saturated carbocycles. The Labute approximate surface area is 74.2 Å². The number of nitrogens with zero attached hydrogens (tertiary/aromatic N) is 1. The smallest absolute Gasteiger partial charge is 0.392 e. The molecule has 0 heterocycles. The molecule has 0 rings (SSSR count). The molecule has 10 heteroatoms. The van der Waals surface area contributed by atoms with Crippen molar-refractivity contribution in [2.75, 3.05) is 6.54 Å². The normalized spacial score (nSPS) is 16.2. The van der Waals surface area contributed by atoms with E-state index in [0.717, 1.165) is 6.92 Å². The second-order valence-corrected chi connectivity index (χ2v) is 5.76. The van der Waals surface area contributed by atoms with Crippen LogP contribution in [-0.4, -0.2) is 41.8 Å². The Kier molecular flexibility index (Phi) is 4.23. The zero-order valence-electron chi connectivity index (χ0n) is 6.68. The highest BCUT2D eigenvalue weighted by molar-refractivity contribution is 7.65. The van der Waals surface area contributed by atoms with Crippen molar-refractivity contribution in [2.45, 2.75) is 13.0 Å². The summed E-state index contributed by atoms with van der Waals surface area (Å²) in [5.41, 5.74) is 0. The molecule has 0 spiro atoms. The van der Waals surface area contributed by atoms with Gasteiger partial charge in [0, 0.05) is 6.54 Å². The van der Waals surface area contributed by atoms with Crippen LogP contribution in [0.15, 0.2) is 0 Å². The monoisotopic (exact) mass is 235 g/mol. The van der Waals surface area contributed by atoms with Gasteiger partial charge >= 0.3 is 15.5 Å². The summed E-state index contributed by atoms with van der Waals surface area (Å²) < 4.78 is 20.7. The van der Waals surface area contributed by atoms with Crippen LogP contribution in [0, 0.1) is 0 Å². The first kappa shape index (κ1) is 13.2. The molecule has 0 aromatic carbocycles. The first-order chi connectivity index (χ1) is 5.55. The second kappa shape index (κ2) is 4.16.